The first-order valence-electron chi connectivity index (χ1n) is 12.4. The van der Waals surface area contributed by atoms with Crippen molar-refractivity contribution in [1.82, 2.24) is 0 Å². The van der Waals surface area contributed by atoms with Crippen LogP contribution >= 0.6 is 11.6 Å². The van der Waals surface area contributed by atoms with Crippen molar-refractivity contribution in [2.45, 2.75) is 160 Å². The van der Waals surface area contributed by atoms with E-state index in [1.54, 1.807) is 0 Å². The molecule has 1 atom stereocenters. The largest absolute Gasteiger partial charge is 0.119 e. The molecule has 26 heavy (non-hydrogen) atoms. The van der Waals surface area contributed by atoms with Crippen LogP contribution in [0.5, 0.6) is 0 Å². The number of rotatable bonds is 21. The first kappa shape index (κ1) is 26.3. The Morgan fingerprint density at radius 1 is 0.385 bits per heavy atom. The lowest BCUT2D eigenvalue weighted by atomic mass is 9.89. The van der Waals surface area contributed by atoms with Gasteiger partial charge in [-0.05, 0) is 19.3 Å². The van der Waals surface area contributed by atoms with Crippen LogP contribution in [0.25, 0.3) is 0 Å². The number of alkyl halides is 1. The molecule has 0 aromatic carbocycles. The van der Waals surface area contributed by atoms with Crippen molar-refractivity contribution in [3.8, 4) is 0 Å². The molecule has 0 saturated carbocycles. The van der Waals surface area contributed by atoms with Crippen molar-refractivity contribution in [3.63, 3.8) is 0 Å². The number of hydrogen-bond acceptors (Lipinski definition) is 0. The standard InChI is InChI=1S/C25H51Cl/c1-4-7-10-12-13-14-15-16-17-18-19-21-24-25(26,22-9-6-3)23-20-11-8-5-2/h4-24H2,1-3H3. The first-order chi connectivity index (χ1) is 12.7. The highest BCUT2D eigenvalue weighted by Crippen LogP contribution is 2.34. The summed E-state index contributed by atoms with van der Waals surface area (Å²) in [5.41, 5.74) is 0. The zero-order valence-corrected chi connectivity index (χ0v) is 19.5. The quantitative estimate of drug-likeness (QED) is 0.136. The third kappa shape index (κ3) is 17.7. The Hall–Kier alpha value is 0.290. The third-order valence-corrected chi connectivity index (χ3v) is 6.50. The second-order valence-electron chi connectivity index (χ2n) is 8.70. The lowest BCUT2D eigenvalue weighted by molar-refractivity contribution is 0.402. The van der Waals surface area contributed by atoms with Crippen LogP contribution in [0.1, 0.15) is 156 Å². The molecule has 0 radical (unpaired) electrons. The summed E-state index contributed by atoms with van der Waals surface area (Å²) in [7, 11) is 0. The summed E-state index contributed by atoms with van der Waals surface area (Å²) in [6, 6.07) is 0. The van der Waals surface area contributed by atoms with E-state index in [4.69, 9.17) is 11.6 Å². The maximum absolute atomic E-state index is 7.03. The van der Waals surface area contributed by atoms with E-state index in [0.29, 0.717) is 0 Å². The van der Waals surface area contributed by atoms with E-state index in [2.05, 4.69) is 20.8 Å². The van der Waals surface area contributed by atoms with Gasteiger partial charge in [-0.1, -0.05) is 136 Å². The van der Waals surface area contributed by atoms with Crippen molar-refractivity contribution in [2.75, 3.05) is 0 Å². The van der Waals surface area contributed by atoms with E-state index in [0.717, 1.165) is 0 Å². The van der Waals surface area contributed by atoms with Gasteiger partial charge in [0, 0.05) is 4.87 Å². The molecule has 1 heteroatoms. The van der Waals surface area contributed by atoms with Crippen LogP contribution in [0.3, 0.4) is 0 Å². The summed E-state index contributed by atoms with van der Waals surface area (Å²) in [5, 5.41) is 0. The van der Waals surface area contributed by atoms with Gasteiger partial charge < -0.3 is 0 Å². The fourth-order valence-electron chi connectivity index (χ4n) is 4.02. The zero-order valence-electron chi connectivity index (χ0n) is 18.7. The van der Waals surface area contributed by atoms with Crippen molar-refractivity contribution >= 4 is 11.6 Å². The average Bonchev–Trinajstić information content (AvgIpc) is 2.65. The predicted molar refractivity (Wildman–Crippen MR) is 123 cm³/mol. The lowest BCUT2D eigenvalue weighted by Gasteiger charge is -2.27. The van der Waals surface area contributed by atoms with Gasteiger partial charge in [0.1, 0.15) is 0 Å². The third-order valence-electron chi connectivity index (χ3n) is 5.94. The van der Waals surface area contributed by atoms with Crippen LogP contribution in [0.2, 0.25) is 0 Å². The zero-order chi connectivity index (χ0) is 19.3. The fraction of sp³-hybridized carbons (Fsp3) is 1.00. The van der Waals surface area contributed by atoms with Gasteiger partial charge in [-0.3, -0.25) is 0 Å². The highest BCUT2D eigenvalue weighted by atomic mass is 35.5. The molecule has 0 aromatic rings. The smallest absolute Gasteiger partial charge is 0.0446 e. The maximum atomic E-state index is 7.03. The summed E-state index contributed by atoms with van der Waals surface area (Å²) in [6.45, 7) is 6.88. The second-order valence-corrected chi connectivity index (χ2v) is 9.51. The van der Waals surface area contributed by atoms with Crippen molar-refractivity contribution in [2.24, 2.45) is 0 Å². The molecule has 0 spiro atoms. The molecule has 0 fully saturated rings. The molecular weight excluding hydrogens is 336 g/mol. The minimum absolute atomic E-state index is 0.113. The number of hydrogen-bond donors (Lipinski definition) is 0. The van der Waals surface area contributed by atoms with E-state index in [9.17, 15) is 0 Å². The highest BCUT2D eigenvalue weighted by Gasteiger charge is 2.25. The van der Waals surface area contributed by atoms with Crippen LogP contribution in [0, 0.1) is 0 Å². The second kappa shape index (κ2) is 20.0. The van der Waals surface area contributed by atoms with E-state index in [1.807, 2.05) is 0 Å². The van der Waals surface area contributed by atoms with Gasteiger partial charge in [0.25, 0.3) is 0 Å². The molecule has 0 aliphatic carbocycles. The first-order valence-corrected chi connectivity index (χ1v) is 12.7. The van der Waals surface area contributed by atoms with Gasteiger partial charge >= 0.3 is 0 Å². The SMILES string of the molecule is CCCCCCCCCCCCCCC(Cl)(CCCC)CCCCCC. The van der Waals surface area contributed by atoms with E-state index < -0.39 is 0 Å². The minimum atomic E-state index is 0.113. The van der Waals surface area contributed by atoms with Crippen LogP contribution in [0.15, 0.2) is 0 Å². The summed E-state index contributed by atoms with van der Waals surface area (Å²) in [4.78, 5) is 0.113. The fourth-order valence-corrected chi connectivity index (χ4v) is 4.42. The van der Waals surface area contributed by atoms with E-state index in [1.165, 1.54) is 135 Å². The molecule has 1 unspecified atom stereocenters. The van der Waals surface area contributed by atoms with Crippen molar-refractivity contribution in [1.29, 1.82) is 0 Å². The molecule has 158 valence electrons. The molecule has 0 amide bonds. The van der Waals surface area contributed by atoms with Gasteiger partial charge in [0.05, 0.1) is 0 Å². The molecule has 0 rings (SSSR count). The molecule has 0 N–H and O–H groups in total. The summed E-state index contributed by atoms with van der Waals surface area (Å²) < 4.78 is 0. The number of unbranched alkanes of at least 4 members (excludes halogenated alkanes) is 15. The molecule has 0 aromatic heterocycles. The summed E-state index contributed by atoms with van der Waals surface area (Å²) in [6.07, 6.45) is 28.8. The van der Waals surface area contributed by atoms with Crippen LogP contribution in [-0.2, 0) is 0 Å². The monoisotopic (exact) mass is 386 g/mol. The highest BCUT2D eigenvalue weighted by molar-refractivity contribution is 6.23. The number of halogens is 1. The summed E-state index contributed by atoms with van der Waals surface area (Å²) in [5.74, 6) is 0. The van der Waals surface area contributed by atoms with Gasteiger partial charge in [0.15, 0.2) is 0 Å². The molecule has 0 heterocycles. The lowest BCUT2D eigenvalue weighted by Crippen LogP contribution is -2.21. The average molecular weight is 387 g/mol. The predicted octanol–water partition coefficient (Wildman–Crippen LogP) is 10.2. The van der Waals surface area contributed by atoms with Crippen LogP contribution in [0.4, 0.5) is 0 Å². The van der Waals surface area contributed by atoms with Gasteiger partial charge in [-0.15, -0.1) is 11.6 Å². The summed E-state index contributed by atoms with van der Waals surface area (Å²) >= 11 is 7.03. The van der Waals surface area contributed by atoms with E-state index in [-0.39, 0.29) is 4.87 Å². The van der Waals surface area contributed by atoms with Crippen LogP contribution < -0.4 is 0 Å². The van der Waals surface area contributed by atoms with Gasteiger partial charge in [0.2, 0.25) is 0 Å². The molecule has 0 aliphatic rings. The Balaban J connectivity index is 3.61. The Morgan fingerprint density at radius 3 is 1.04 bits per heavy atom. The Morgan fingerprint density at radius 2 is 0.654 bits per heavy atom. The maximum Gasteiger partial charge on any atom is 0.0446 e. The molecule has 0 saturated heterocycles. The molecular formula is C25H51Cl. The Kier molecular flexibility index (Phi) is 20.3. The van der Waals surface area contributed by atoms with Crippen molar-refractivity contribution < 1.29 is 0 Å². The molecule has 0 nitrogen and oxygen atoms in total. The Bertz CT molecular complexity index is 263. The molecule has 0 bridgehead atoms. The van der Waals surface area contributed by atoms with Crippen molar-refractivity contribution in [3.05, 3.63) is 0 Å². The van der Waals surface area contributed by atoms with Crippen LogP contribution in [-0.4, -0.2) is 4.87 Å². The topological polar surface area (TPSA) is 0 Å². The normalized spacial score (nSPS) is 13.8. The minimum Gasteiger partial charge on any atom is -0.119 e. The van der Waals surface area contributed by atoms with Gasteiger partial charge in [-0.25, -0.2) is 0 Å². The Labute approximate surface area is 172 Å². The van der Waals surface area contributed by atoms with E-state index >= 15 is 0 Å². The van der Waals surface area contributed by atoms with Gasteiger partial charge in [-0.2, -0.15) is 0 Å². The molecule has 0 aliphatic heterocycles.